The van der Waals surface area contributed by atoms with E-state index < -0.39 is 6.10 Å². The minimum Gasteiger partial charge on any atom is -0.391 e. The van der Waals surface area contributed by atoms with Crippen molar-refractivity contribution in [1.29, 1.82) is 0 Å². The Kier molecular flexibility index (Phi) is 6.10. The van der Waals surface area contributed by atoms with Gasteiger partial charge in [0.25, 0.3) is 0 Å². The largest absolute Gasteiger partial charge is 0.391 e. The molecule has 0 aromatic heterocycles. The molecule has 0 saturated carbocycles. The van der Waals surface area contributed by atoms with Crippen LogP contribution in [0, 0.1) is 5.82 Å². The average Bonchev–Trinajstić information content (AvgIpc) is 2.63. The lowest BCUT2D eigenvalue weighted by atomic mass is 10.0. The maximum Gasteiger partial charge on any atom is 0.149 e. The Bertz CT molecular complexity index is 805. The highest BCUT2D eigenvalue weighted by Gasteiger charge is 2.26. The first-order valence-electron chi connectivity index (χ1n) is 8.59. The third-order valence-corrected chi connectivity index (χ3v) is 4.42. The molecule has 2 aliphatic rings. The Morgan fingerprint density at radius 3 is 2.96 bits per heavy atom. The van der Waals surface area contributed by atoms with Crippen molar-refractivity contribution in [2.45, 2.75) is 25.5 Å². The number of halogens is 2. The van der Waals surface area contributed by atoms with Crippen molar-refractivity contribution in [2.75, 3.05) is 18.4 Å². The van der Waals surface area contributed by atoms with Crippen LogP contribution in [0.1, 0.15) is 13.3 Å². The Balaban J connectivity index is 1.96. The van der Waals surface area contributed by atoms with E-state index in [1.165, 1.54) is 17.1 Å². The smallest absolute Gasteiger partial charge is 0.149 e. The van der Waals surface area contributed by atoms with Gasteiger partial charge in [-0.25, -0.2) is 9.40 Å². The van der Waals surface area contributed by atoms with Crippen molar-refractivity contribution in [3.63, 3.8) is 0 Å². The number of nitrogens with zero attached hydrogens (tertiary/aromatic N) is 3. The molecular formula is C18H22ClFN6O. The maximum absolute atomic E-state index is 13.5. The van der Waals surface area contributed by atoms with E-state index in [4.69, 9.17) is 11.6 Å². The molecule has 1 fully saturated rings. The number of allylic oxidation sites excluding steroid dienone is 1. The predicted octanol–water partition coefficient (Wildman–Crippen LogP) is 2.15. The summed E-state index contributed by atoms with van der Waals surface area (Å²) in [5.74, 6) is 1.13. The number of anilines is 1. The van der Waals surface area contributed by atoms with Gasteiger partial charge in [0.2, 0.25) is 0 Å². The SMILES string of the molecule is C=NN1C(Nc2cccc(F)c2)=CC(=N[C@H]2CNCC[C@@H]2O)N/C1=C(/C)Cl. The number of aliphatic hydroxyl groups is 1. The van der Waals surface area contributed by atoms with E-state index in [-0.39, 0.29) is 11.9 Å². The molecule has 7 nitrogen and oxygen atoms in total. The number of hydrogen-bond acceptors (Lipinski definition) is 6. The van der Waals surface area contributed by atoms with Gasteiger partial charge in [0, 0.05) is 25.0 Å². The Labute approximate surface area is 162 Å². The second kappa shape index (κ2) is 8.51. The summed E-state index contributed by atoms with van der Waals surface area (Å²) in [6.45, 7) is 6.63. The number of aliphatic imine (C=N–C) groups is 1. The van der Waals surface area contributed by atoms with Gasteiger partial charge >= 0.3 is 0 Å². The van der Waals surface area contributed by atoms with Crippen molar-refractivity contribution in [2.24, 2.45) is 10.1 Å². The second-order valence-electron chi connectivity index (χ2n) is 6.27. The number of hydrazone groups is 1. The maximum atomic E-state index is 13.5. The minimum absolute atomic E-state index is 0.284. The van der Waals surface area contributed by atoms with Gasteiger partial charge in [-0.05, 0) is 38.1 Å². The first-order valence-corrected chi connectivity index (χ1v) is 8.97. The molecule has 0 aliphatic carbocycles. The molecular weight excluding hydrogens is 371 g/mol. The lowest BCUT2D eigenvalue weighted by Crippen LogP contribution is -2.45. The molecule has 0 spiro atoms. The van der Waals surface area contributed by atoms with Crippen molar-refractivity contribution >= 4 is 29.8 Å². The molecule has 2 aliphatic heterocycles. The highest BCUT2D eigenvalue weighted by atomic mass is 35.5. The molecule has 0 bridgehead atoms. The van der Waals surface area contributed by atoms with Crippen LogP contribution >= 0.6 is 11.6 Å². The van der Waals surface area contributed by atoms with Crippen molar-refractivity contribution in [1.82, 2.24) is 15.6 Å². The van der Waals surface area contributed by atoms with Gasteiger partial charge < -0.3 is 21.1 Å². The van der Waals surface area contributed by atoms with Gasteiger partial charge in [-0.15, -0.1) is 0 Å². The molecule has 4 N–H and O–H groups in total. The standard InChI is InChI=1S/C18H22ClFN6O/c1-11(19)18-25-16(24-14-10-22-7-6-15(14)27)9-17(26(18)21-2)23-13-5-3-4-12(20)8-13/h3-5,8-9,14-15,22-23,27H,2,6-7,10H2,1H3,(H,24,25)/b18-11+/t14-,15-/m0/s1. The average molecular weight is 393 g/mol. The number of benzene rings is 1. The summed E-state index contributed by atoms with van der Waals surface area (Å²) in [5, 5.41) is 25.5. The van der Waals surface area contributed by atoms with Gasteiger partial charge in [0.15, 0.2) is 0 Å². The quantitative estimate of drug-likeness (QED) is 0.590. The molecule has 9 heteroatoms. The monoisotopic (exact) mass is 392 g/mol. The van der Waals surface area contributed by atoms with E-state index in [1.807, 2.05) is 0 Å². The van der Waals surface area contributed by atoms with Crippen LogP contribution in [0.4, 0.5) is 10.1 Å². The number of aliphatic hydroxyl groups excluding tert-OH is 1. The lowest BCUT2D eigenvalue weighted by Gasteiger charge is -2.32. The second-order valence-corrected chi connectivity index (χ2v) is 6.83. The van der Waals surface area contributed by atoms with Crippen LogP contribution in [-0.4, -0.2) is 47.9 Å². The van der Waals surface area contributed by atoms with E-state index >= 15 is 0 Å². The van der Waals surface area contributed by atoms with E-state index in [0.717, 1.165) is 6.54 Å². The summed E-state index contributed by atoms with van der Waals surface area (Å²) in [7, 11) is 0. The number of nitrogens with one attached hydrogen (secondary N) is 3. The van der Waals surface area contributed by atoms with Crippen LogP contribution < -0.4 is 16.0 Å². The van der Waals surface area contributed by atoms with Crippen molar-refractivity contribution < 1.29 is 9.50 Å². The van der Waals surface area contributed by atoms with Gasteiger partial charge in [-0.1, -0.05) is 17.7 Å². The van der Waals surface area contributed by atoms with Gasteiger partial charge in [0.1, 0.15) is 23.3 Å². The molecule has 144 valence electrons. The normalized spacial score (nSPS) is 26.3. The zero-order valence-electron chi connectivity index (χ0n) is 14.9. The summed E-state index contributed by atoms with van der Waals surface area (Å²) in [6.07, 6.45) is 1.83. The zero-order chi connectivity index (χ0) is 19.4. The number of piperidine rings is 1. The highest BCUT2D eigenvalue weighted by molar-refractivity contribution is 6.29. The third-order valence-electron chi connectivity index (χ3n) is 4.24. The zero-order valence-corrected chi connectivity index (χ0v) is 15.7. The van der Waals surface area contributed by atoms with E-state index in [0.29, 0.717) is 41.2 Å². The topological polar surface area (TPSA) is 84.3 Å². The molecule has 0 amide bonds. The molecule has 0 radical (unpaired) electrons. The third kappa shape index (κ3) is 4.65. The van der Waals surface area contributed by atoms with Gasteiger partial charge in [-0.2, -0.15) is 5.10 Å². The summed E-state index contributed by atoms with van der Waals surface area (Å²) < 4.78 is 13.5. The molecule has 2 atom stereocenters. The molecule has 1 aromatic rings. The fourth-order valence-corrected chi connectivity index (χ4v) is 3.04. The molecule has 1 aromatic carbocycles. The Hall–Kier alpha value is -2.42. The summed E-state index contributed by atoms with van der Waals surface area (Å²) >= 11 is 6.22. The number of rotatable bonds is 4. The Morgan fingerprint density at radius 2 is 2.30 bits per heavy atom. The molecule has 27 heavy (non-hydrogen) atoms. The van der Waals surface area contributed by atoms with E-state index in [2.05, 4.69) is 32.8 Å². The van der Waals surface area contributed by atoms with Crippen LogP contribution in [0.2, 0.25) is 0 Å². The summed E-state index contributed by atoms with van der Waals surface area (Å²) in [5.41, 5.74) is 0.544. The predicted molar refractivity (Wildman–Crippen MR) is 106 cm³/mol. The fourth-order valence-electron chi connectivity index (χ4n) is 2.91. The van der Waals surface area contributed by atoms with Gasteiger partial charge in [0.05, 0.1) is 17.2 Å². The van der Waals surface area contributed by atoms with Crippen LogP contribution in [0.15, 0.2) is 57.1 Å². The number of amidine groups is 1. The first kappa shape index (κ1) is 19.3. The van der Waals surface area contributed by atoms with Crippen LogP contribution in [0.3, 0.4) is 0 Å². The van der Waals surface area contributed by atoms with Crippen LogP contribution in [0.25, 0.3) is 0 Å². The summed E-state index contributed by atoms with van der Waals surface area (Å²) in [4.78, 5) is 4.61. The number of hydrogen-bond donors (Lipinski definition) is 4. The summed E-state index contributed by atoms with van der Waals surface area (Å²) in [6, 6.07) is 5.79. The van der Waals surface area contributed by atoms with Crippen LogP contribution in [-0.2, 0) is 0 Å². The molecule has 1 saturated heterocycles. The lowest BCUT2D eigenvalue weighted by molar-refractivity contribution is 0.117. The van der Waals surface area contributed by atoms with Crippen molar-refractivity contribution in [3.8, 4) is 0 Å². The van der Waals surface area contributed by atoms with Crippen molar-refractivity contribution in [3.05, 3.63) is 52.8 Å². The molecule has 0 unspecified atom stereocenters. The molecule has 2 heterocycles. The van der Waals surface area contributed by atoms with Gasteiger partial charge in [-0.3, -0.25) is 4.99 Å². The van der Waals surface area contributed by atoms with E-state index in [9.17, 15) is 9.50 Å². The Morgan fingerprint density at radius 1 is 1.48 bits per heavy atom. The highest BCUT2D eigenvalue weighted by Crippen LogP contribution is 2.24. The molecule has 3 rings (SSSR count). The van der Waals surface area contributed by atoms with Crippen LogP contribution in [0.5, 0.6) is 0 Å². The van der Waals surface area contributed by atoms with E-state index in [1.54, 1.807) is 25.1 Å². The minimum atomic E-state index is -0.520. The first-order chi connectivity index (χ1) is 13.0. The fraction of sp³-hybridized carbons (Fsp3) is 0.333.